The van der Waals surface area contributed by atoms with E-state index in [1.165, 1.54) is 45.6 Å². The summed E-state index contributed by atoms with van der Waals surface area (Å²) in [4.78, 5) is 0. The number of allylic oxidation sites excluding steroid dienone is 3. The van der Waals surface area contributed by atoms with Crippen molar-refractivity contribution >= 4 is 0 Å². The zero-order valence-electron chi connectivity index (χ0n) is 19.9. The number of fused-ring (bicyclic) bond motifs is 1. The van der Waals surface area contributed by atoms with Crippen LogP contribution in [0.3, 0.4) is 0 Å². The number of unbranched alkanes of at least 4 members (excludes halogenated alkanes) is 2. The summed E-state index contributed by atoms with van der Waals surface area (Å²) in [5, 5.41) is 29.8. The van der Waals surface area contributed by atoms with E-state index in [1.807, 2.05) is 0 Å². The van der Waals surface area contributed by atoms with Gasteiger partial charge >= 0.3 is 0 Å². The maximum atomic E-state index is 10.4. The third kappa shape index (κ3) is 5.19. The second-order valence-corrected chi connectivity index (χ2v) is 10.5. The minimum atomic E-state index is -0.849. The second kappa shape index (κ2) is 10.8. The largest absolute Gasteiger partial charge is 0.396 e. The van der Waals surface area contributed by atoms with Gasteiger partial charge in [-0.15, -0.1) is 0 Å². The Hall–Kier alpha value is -0.940. The molecule has 0 heterocycles. The van der Waals surface area contributed by atoms with E-state index in [1.54, 1.807) is 5.57 Å². The molecule has 3 saturated carbocycles. The zero-order chi connectivity index (χ0) is 22.6. The highest BCUT2D eigenvalue weighted by atomic mass is 16.5. The fraction of sp³-hybridized carbons (Fsp3) is 0.778. The molecule has 0 bridgehead atoms. The average molecular weight is 433 g/mol. The summed E-state index contributed by atoms with van der Waals surface area (Å²) in [7, 11) is 1.52. The molecule has 0 radical (unpaired) electrons. The third-order valence-electron chi connectivity index (χ3n) is 8.70. The van der Waals surface area contributed by atoms with Gasteiger partial charge in [0.2, 0.25) is 0 Å². The summed E-state index contributed by atoms with van der Waals surface area (Å²) in [6.07, 6.45) is 13.6. The zero-order valence-corrected chi connectivity index (χ0v) is 19.9. The molecule has 3 fully saturated rings. The summed E-state index contributed by atoms with van der Waals surface area (Å²) < 4.78 is 5.26. The van der Waals surface area contributed by atoms with Crippen molar-refractivity contribution in [1.82, 2.24) is 0 Å². The Bertz CT molecular complexity index is 681. The van der Waals surface area contributed by atoms with Gasteiger partial charge in [0.15, 0.2) is 0 Å². The van der Waals surface area contributed by atoms with Crippen LogP contribution in [0.4, 0.5) is 0 Å². The van der Waals surface area contributed by atoms with Crippen molar-refractivity contribution in [3.05, 3.63) is 35.5 Å². The Labute approximate surface area is 189 Å². The van der Waals surface area contributed by atoms with Gasteiger partial charge in [-0.05, 0) is 72.8 Å². The molecule has 0 amide bonds. The Balaban J connectivity index is 1.71. The van der Waals surface area contributed by atoms with Gasteiger partial charge in [0.1, 0.15) is 12.2 Å². The number of aliphatic hydroxyl groups is 3. The van der Waals surface area contributed by atoms with E-state index < -0.39 is 18.3 Å². The lowest BCUT2D eigenvalue weighted by Gasteiger charge is -2.44. The van der Waals surface area contributed by atoms with Gasteiger partial charge in [0.05, 0.1) is 6.10 Å². The molecule has 31 heavy (non-hydrogen) atoms. The quantitative estimate of drug-likeness (QED) is 0.475. The molecular formula is C27H44O4. The second-order valence-electron chi connectivity index (χ2n) is 10.5. The van der Waals surface area contributed by atoms with Crippen LogP contribution in [0.2, 0.25) is 0 Å². The Morgan fingerprint density at radius 3 is 2.68 bits per heavy atom. The smallest absolute Gasteiger partial charge is 0.113 e. The molecular weight excluding hydrogens is 388 g/mol. The van der Waals surface area contributed by atoms with E-state index in [2.05, 4.69) is 32.6 Å². The van der Waals surface area contributed by atoms with Gasteiger partial charge in [-0.3, -0.25) is 0 Å². The van der Waals surface area contributed by atoms with E-state index >= 15 is 0 Å². The summed E-state index contributed by atoms with van der Waals surface area (Å²) in [5.74, 6) is 2.15. The fourth-order valence-corrected chi connectivity index (χ4v) is 6.91. The van der Waals surface area contributed by atoms with E-state index in [0.717, 1.165) is 36.7 Å². The van der Waals surface area contributed by atoms with Crippen LogP contribution in [0, 0.1) is 23.2 Å². The topological polar surface area (TPSA) is 69.9 Å². The SMILES string of the molecule is C=C1/C(=C\C=C2/CCC[C@]3(C)[C@@H]([C@H](C)CCCCCO)CC[C@@H]23)C[C@H](O)[C@@H](OC)[C@@H]1O. The first-order valence-corrected chi connectivity index (χ1v) is 12.4. The van der Waals surface area contributed by atoms with Crippen LogP contribution in [0.1, 0.15) is 78.1 Å². The Kier molecular flexibility index (Phi) is 8.59. The molecule has 0 spiro atoms. The predicted octanol–water partition coefficient (Wildman–Crippen LogP) is 4.94. The standard InChI is InChI=1S/C27H44O4/c1-18(9-6-5-7-16-28)22-13-14-23-20(10-8-15-27(22,23)3)11-12-21-17-24(29)26(31-4)25(30)19(21)2/h11-12,18,22-26,28-30H,2,5-10,13-17H2,1,3-4H3/b20-11+,21-12-/t18-,22-,23+,24+,25-,26-,27-/m1/s1. The van der Waals surface area contributed by atoms with E-state index in [4.69, 9.17) is 9.84 Å². The van der Waals surface area contributed by atoms with Crippen molar-refractivity contribution in [3.63, 3.8) is 0 Å². The maximum absolute atomic E-state index is 10.4. The summed E-state index contributed by atoms with van der Waals surface area (Å²) in [6, 6.07) is 0. The number of methoxy groups -OCH3 is 1. The van der Waals surface area contributed by atoms with E-state index in [0.29, 0.717) is 29.9 Å². The van der Waals surface area contributed by atoms with Gasteiger partial charge < -0.3 is 20.1 Å². The summed E-state index contributed by atoms with van der Waals surface area (Å²) >= 11 is 0. The van der Waals surface area contributed by atoms with Crippen molar-refractivity contribution in [2.45, 2.75) is 96.4 Å². The minimum absolute atomic E-state index is 0.313. The van der Waals surface area contributed by atoms with Gasteiger partial charge in [0.25, 0.3) is 0 Å². The molecule has 0 saturated heterocycles. The Morgan fingerprint density at radius 1 is 1.19 bits per heavy atom. The molecule has 0 aromatic rings. The molecule has 3 aliphatic carbocycles. The van der Waals surface area contributed by atoms with Crippen LogP contribution in [0.15, 0.2) is 35.5 Å². The van der Waals surface area contributed by atoms with Crippen molar-refractivity contribution in [3.8, 4) is 0 Å². The molecule has 3 rings (SSSR count). The molecule has 0 aliphatic heterocycles. The van der Waals surface area contributed by atoms with Gasteiger partial charge in [-0.2, -0.15) is 0 Å². The highest BCUT2D eigenvalue weighted by Gasteiger charge is 2.50. The highest BCUT2D eigenvalue weighted by Crippen LogP contribution is 2.59. The molecule has 0 aromatic heterocycles. The average Bonchev–Trinajstić information content (AvgIpc) is 3.10. The first-order valence-electron chi connectivity index (χ1n) is 12.4. The first kappa shape index (κ1) is 24.7. The monoisotopic (exact) mass is 432 g/mol. The lowest BCUT2D eigenvalue weighted by Crippen LogP contribution is -2.44. The molecule has 0 aromatic carbocycles. The van der Waals surface area contributed by atoms with E-state index in [-0.39, 0.29) is 0 Å². The maximum Gasteiger partial charge on any atom is 0.113 e. The molecule has 0 unspecified atom stereocenters. The van der Waals surface area contributed by atoms with Crippen LogP contribution in [-0.4, -0.2) is 47.3 Å². The minimum Gasteiger partial charge on any atom is -0.396 e. The van der Waals surface area contributed by atoms with Crippen LogP contribution < -0.4 is 0 Å². The number of rotatable bonds is 8. The van der Waals surface area contributed by atoms with Gasteiger partial charge in [-0.1, -0.05) is 57.4 Å². The lowest BCUT2D eigenvalue weighted by atomic mass is 9.60. The predicted molar refractivity (Wildman–Crippen MR) is 126 cm³/mol. The first-order chi connectivity index (χ1) is 14.8. The van der Waals surface area contributed by atoms with E-state index in [9.17, 15) is 10.2 Å². The summed E-state index contributed by atoms with van der Waals surface area (Å²) in [6.45, 7) is 9.36. The van der Waals surface area contributed by atoms with Crippen molar-refractivity contribution in [2.24, 2.45) is 23.2 Å². The van der Waals surface area contributed by atoms with Crippen LogP contribution in [0.5, 0.6) is 0 Å². The highest BCUT2D eigenvalue weighted by molar-refractivity contribution is 5.40. The van der Waals surface area contributed by atoms with Crippen molar-refractivity contribution < 1.29 is 20.1 Å². The molecule has 3 N–H and O–H groups in total. The fourth-order valence-electron chi connectivity index (χ4n) is 6.91. The van der Waals surface area contributed by atoms with Crippen LogP contribution in [0.25, 0.3) is 0 Å². The third-order valence-corrected chi connectivity index (χ3v) is 8.70. The molecule has 4 nitrogen and oxygen atoms in total. The van der Waals surface area contributed by atoms with Gasteiger partial charge in [0, 0.05) is 20.1 Å². The van der Waals surface area contributed by atoms with Crippen molar-refractivity contribution in [1.29, 1.82) is 0 Å². The molecule has 4 heteroatoms. The Morgan fingerprint density at radius 2 is 1.97 bits per heavy atom. The lowest BCUT2D eigenvalue weighted by molar-refractivity contribution is -0.0759. The number of hydrogen-bond acceptors (Lipinski definition) is 4. The number of hydrogen-bond donors (Lipinski definition) is 3. The molecule has 176 valence electrons. The van der Waals surface area contributed by atoms with Gasteiger partial charge in [-0.25, -0.2) is 0 Å². The number of aliphatic hydroxyl groups excluding tert-OH is 3. The van der Waals surface area contributed by atoms with Crippen LogP contribution in [-0.2, 0) is 4.74 Å². The normalized spacial score (nSPS) is 39.8. The molecule has 7 atom stereocenters. The van der Waals surface area contributed by atoms with Crippen molar-refractivity contribution in [2.75, 3.05) is 13.7 Å². The number of ether oxygens (including phenoxy) is 1. The molecule has 3 aliphatic rings. The summed E-state index contributed by atoms with van der Waals surface area (Å²) in [5.41, 5.74) is 3.54. The van der Waals surface area contributed by atoms with Crippen LogP contribution >= 0.6 is 0 Å².